The lowest BCUT2D eigenvalue weighted by Gasteiger charge is -2.11. The van der Waals surface area contributed by atoms with Crippen molar-refractivity contribution < 1.29 is 9.59 Å². The predicted molar refractivity (Wildman–Crippen MR) is 99.2 cm³/mol. The second kappa shape index (κ2) is 8.79. The van der Waals surface area contributed by atoms with Crippen molar-refractivity contribution in [2.24, 2.45) is 0 Å². The summed E-state index contributed by atoms with van der Waals surface area (Å²) in [7, 11) is 3.90. The molecule has 1 heterocycles. The maximum atomic E-state index is 12.2. The van der Waals surface area contributed by atoms with Gasteiger partial charge in [-0.1, -0.05) is 6.07 Å². The normalized spacial score (nSPS) is 10.4. The smallest absolute Gasteiger partial charge is 0.252 e. The number of aromatic nitrogens is 1. The molecule has 0 unspecified atom stereocenters. The second-order valence-electron chi connectivity index (χ2n) is 5.91. The van der Waals surface area contributed by atoms with Gasteiger partial charge in [-0.3, -0.25) is 14.6 Å². The van der Waals surface area contributed by atoms with E-state index in [1.807, 2.05) is 37.2 Å². The van der Waals surface area contributed by atoms with Crippen LogP contribution in [0, 0.1) is 0 Å². The lowest BCUT2D eigenvalue weighted by molar-refractivity contribution is -0.114. The molecule has 0 aliphatic carbocycles. The lowest BCUT2D eigenvalue weighted by Crippen LogP contribution is -2.31. The quantitative estimate of drug-likeness (QED) is 0.718. The standard InChI is InChI=1S/C18H23N5O2/c1-13(24)21-15-5-4-6-16(10-15)22-17-9-14(11-19-12-17)18(25)20-7-8-23(2)3/h4-6,9-12,22H,7-8H2,1-3H3,(H,20,25)(H,21,24). The second-order valence-corrected chi connectivity index (χ2v) is 5.91. The molecule has 0 aliphatic heterocycles. The number of hydrogen-bond acceptors (Lipinski definition) is 5. The molecule has 0 atom stereocenters. The first-order valence-electron chi connectivity index (χ1n) is 7.96. The van der Waals surface area contributed by atoms with E-state index in [2.05, 4.69) is 20.9 Å². The monoisotopic (exact) mass is 341 g/mol. The number of rotatable bonds is 7. The van der Waals surface area contributed by atoms with E-state index in [9.17, 15) is 9.59 Å². The summed E-state index contributed by atoms with van der Waals surface area (Å²) >= 11 is 0. The van der Waals surface area contributed by atoms with Crippen LogP contribution in [0.2, 0.25) is 0 Å². The van der Waals surface area contributed by atoms with E-state index in [-0.39, 0.29) is 11.8 Å². The fourth-order valence-electron chi connectivity index (χ4n) is 2.17. The summed E-state index contributed by atoms with van der Waals surface area (Å²) in [5.74, 6) is -0.291. The van der Waals surface area contributed by atoms with E-state index in [1.54, 1.807) is 18.3 Å². The molecule has 2 rings (SSSR count). The molecule has 0 bridgehead atoms. The van der Waals surface area contributed by atoms with Crippen LogP contribution in [0.5, 0.6) is 0 Å². The largest absolute Gasteiger partial charge is 0.354 e. The first kappa shape index (κ1) is 18.4. The lowest BCUT2D eigenvalue weighted by atomic mass is 10.2. The van der Waals surface area contributed by atoms with Gasteiger partial charge in [0.15, 0.2) is 0 Å². The van der Waals surface area contributed by atoms with E-state index in [0.29, 0.717) is 23.5 Å². The highest BCUT2D eigenvalue weighted by atomic mass is 16.2. The van der Waals surface area contributed by atoms with Gasteiger partial charge in [-0.15, -0.1) is 0 Å². The van der Waals surface area contributed by atoms with Gasteiger partial charge in [0.2, 0.25) is 5.91 Å². The Hall–Kier alpha value is -2.93. The minimum atomic E-state index is -0.162. The van der Waals surface area contributed by atoms with Gasteiger partial charge in [0.25, 0.3) is 5.91 Å². The van der Waals surface area contributed by atoms with Crippen molar-refractivity contribution in [1.82, 2.24) is 15.2 Å². The van der Waals surface area contributed by atoms with Crippen molar-refractivity contribution in [1.29, 1.82) is 0 Å². The summed E-state index contributed by atoms with van der Waals surface area (Å²) in [6, 6.07) is 9.06. The molecule has 2 aromatic rings. The number of nitrogens with one attached hydrogen (secondary N) is 3. The van der Waals surface area contributed by atoms with Gasteiger partial charge < -0.3 is 20.9 Å². The van der Waals surface area contributed by atoms with Crippen LogP contribution < -0.4 is 16.0 Å². The average Bonchev–Trinajstić information content (AvgIpc) is 2.54. The fraction of sp³-hybridized carbons (Fsp3) is 0.278. The van der Waals surface area contributed by atoms with Crippen LogP contribution in [-0.2, 0) is 4.79 Å². The van der Waals surface area contributed by atoms with Gasteiger partial charge in [-0.05, 0) is 38.4 Å². The third-order valence-corrected chi connectivity index (χ3v) is 3.32. The number of amides is 2. The number of likely N-dealkylation sites (N-methyl/N-ethyl adjacent to an activating group) is 1. The topological polar surface area (TPSA) is 86.4 Å². The van der Waals surface area contributed by atoms with Gasteiger partial charge in [-0.2, -0.15) is 0 Å². The van der Waals surface area contributed by atoms with E-state index >= 15 is 0 Å². The predicted octanol–water partition coefficient (Wildman–Crippen LogP) is 2.07. The Morgan fingerprint density at radius 3 is 2.56 bits per heavy atom. The Labute approximate surface area is 147 Å². The van der Waals surface area contributed by atoms with Crippen molar-refractivity contribution in [3.05, 3.63) is 48.3 Å². The molecule has 7 heteroatoms. The van der Waals surface area contributed by atoms with Crippen LogP contribution in [0.4, 0.5) is 17.1 Å². The molecular weight excluding hydrogens is 318 g/mol. The highest BCUT2D eigenvalue weighted by Crippen LogP contribution is 2.20. The van der Waals surface area contributed by atoms with E-state index in [4.69, 9.17) is 0 Å². The number of nitrogens with zero attached hydrogens (tertiary/aromatic N) is 2. The van der Waals surface area contributed by atoms with E-state index in [1.165, 1.54) is 13.1 Å². The van der Waals surface area contributed by atoms with E-state index < -0.39 is 0 Å². The Morgan fingerprint density at radius 2 is 1.84 bits per heavy atom. The molecule has 0 radical (unpaired) electrons. The molecule has 0 saturated heterocycles. The zero-order valence-electron chi connectivity index (χ0n) is 14.7. The molecule has 0 spiro atoms. The van der Waals surface area contributed by atoms with E-state index in [0.717, 1.165) is 12.2 Å². The maximum absolute atomic E-state index is 12.2. The van der Waals surface area contributed by atoms with Gasteiger partial charge in [0.05, 0.1) is 17.4 Å². The van der Waals surface area contributed by atoms with Gasteiger partial charge in [-0.25, -0.2) is 0 Å². The van der Waals surface area contributed by atoms with Crippen molar-refractivity contribution in [2.45, 2.75) is 6.92 Å². The van der Waals surface area contributed by atoms with Gasteiger partial charge in [0.1, 0.15) is 0 Å². The summed E-state index contributed by atoms with van der Waals surface area (Å²) in [5, 5.41) is 8.77. The number of carbonyl (C=O) groups excluding carboxylic acids is 2. The van der Waals surface area contributed by atoms with Crippen LogP contribution in [0.3, 0.4) is 0 Å². The van der Waals surface area contributed by atoms with Crippen molar-refractivity contribution in [2.75, 3.05) is 37.8 Å². The van der Waals surface area contributed by atoms with Crippen LogP contribution in [0.1, 0.15) is 17.3 Å². The molecule has 0 saturated carbocycles. The molecule has 0 fully saturated rings. The number of benzene rings is 1. The van der Waals surface area contributed by atoms with Crippen LogP contribution >= 0.6 is 0 Å². The Kier molecular flexibility index (Phi) is 6.47. The third kappa shape index (κ3) is 6.23. The highest BCUT2D eigenvalue weighted by molar-refractivity contribution is 5.95. The summed E-state index contributed by atoms with van der Waals surface area (Å²) in [5.41, 5.74) is 2.67. The third-order valence-electron chi connectivity index (χ3n) is 3.32. The number of hydrogen-bond donors (Lipinski definition) is 3. The number of pyridine rings is 1. The molecular formula is C18H23N5O2. The zero-order chi connectivity index (χ0) is 18.2. The summed E-state index contributed by atoms with van der Waals surface area (Å²) in [6.45, 7) is 2.80. The van der Waals surface area contributed by atoms with Crippen LogP contribution in [0.15, 0.2) is 42.7 Å². The molecule has 25 heavy (non-hydrogen) atoms. The molecule has 0 aliphatic rings. The van der Waals surface area contributed by atoms with Crippen LogP contribution in [-0.4, -0.2) is 48.9 Å². The molecule has 2 amide bonds. The fourth-order valence-corrected chi connectivity index (χ4v) is 2.17. The van der Waals surface area contributed by atoms with Crippen molar-refractivity contribution in [3.63, 3.8) is 0 Å². The molecule has 1 aromatic carbocycles. The average molecular weight is 341 g/mol. The number of carbonyl (C=O) groups is 2. The Morgan fingerprint density at radius 1 is 1.08 bits per heavy atom. The minimum Gasteiger partial charge on any atom is -0.354 e. The van der Waals surface area contributed by atoms with Crippen LogP contribution in [0.25, 0.3) is 0 Å². The van der Waals surface area contributed by atoms with Gasteiger partial charge >= 0.3 is 0 Å². The Balaban J connectivity index is 2.03. The molecule has 7 nitrogen and oxygen atoms in total. The SMILES string of the molecule is CC(=O)Nc1cccc(Nc2cncc(C(=O)NCCN(C)C)c2)c1. The Bertz CT molecular complexity index is 746. The summed E-state index contributed by atoms with van der Waals surface area (Å²) in [6.07, 6.45) is 3.17. The first-order valence-corrected chi connectivity index (χ1v) is 7.96. The minimum absolute atomic E-state index is 0.129. The molecule has 3 N–H and O–H groups in total. The highest BCUT2D eigenvalue weighted by Gasteiger charge is 2.07. The molecule has 1 aromatic heterocycles. The number of anilines is 3. The summed E-state index contributed by atoms with van der Waals surface area (Å²) in [4.78, 5) is 29.4. The molecule has 132 valence electrons. The zero-order valence-corrected chi connectivity index (χ0v) is 14.7. The van der Waals surface area contributed by atoms with Crippen molar-refractivity contribution >= 4 is 28.9 Å². The van der Waals surface area contributed by atoms with Gasteiger partial charge in [0, 0.05) is 37.6 Å². The van der Waals surface area contributed by atoms with Crippen molar-refractivity contribution in [3.8, 4) is 0 Å². The maximum Gasteiger partial charge on any atom is 0.252 e. The first-order chi connectivity index (χ1) is 11.9. The summed E-state index contributed by atoms with van der Waals surface area (Å²) < 4.78 is 0.